The molecule has 0 radical (unpaired) electrons. The smallest absolute Gasteiger partial charge is 0.233 e. The quantitative estimate of drug-likeness (QED) is 0.500. The lowest BCUT2D eigenvalue weighted by molar-refractivity contribution is -0.146. The van der Waals surface area contributed by atoms with Gasteiger partial charge >= 0.3 is 0 Å². The summed E-state index contributed by atoms with van der Waals surface area (Å²) in [5, 5.41) is 0. The number of rotatable bonds is 0. The largest absolute Gasteiger partial charge is 0.277 e. The first-order valence-corrected chi connectivity index (χ1v) is 4.31. The Morgan fingerprint density at radius 1 is 1.17 bits per heavy atom. The van der Waals surface area contributed by atoms with Crippen LogP contribution >= 0.6 is 0 Å². The standard InChI is InChI=1S/C9H13NO2/c1-9(2,3)10-7(11)5-4-6(5)8(10)12/h5-6H,4H2,1-3H3. The third kappa shape index (κ3) is 0.822. The number of hydrogen-bond acceptors (Lipinski definition) is 2. The van der Waals surface area contributed by atoms with E-state index in [4.69, 9.17) is 0 Å². The topological polar surface area (TPSA) is 37.4 Å². The number of carbonyl (C=O) groups is 2. The molecule has 2 unspecified atom stereocenters. The Morgan fingerprint density at radius 3 is 1.83 bits per heavy atom. The van der Waals surface area contributed by atoms with Crippen molar-refractivity contribution in [3.63, 3.8) is 0 Å². The van der Waals surface area contributed by atoms with Crippen LogP contribution in [0.1, 0.15) is 27.2 Å². The maximum atomic E-state index is 11.5. The van der Waals surface area contributed by atoms with E-state index in [0.29, 0.717) is 0 Å². The minimum Gasteiger partial charge on any atom is -0.277 e. The maximum Gasteiger partial charge on any atom is 0.233 e. The summed E-state index contributed by atoms with van der Waals surface area (Å²) in [6, 6.07) is 0. The molecule has 2 amide bonds. The van der Waals surface area contributed by atoms with Gasteiger partial charge in [-0.3, -0.25) is 14.5 Å². The van der Waals surface area contributed by atoms with E-state index < -0.39 is 0 Å². The van der Waals surface area contributed by atoms with Gasteiger partial charge in [0.15, 0.2) is 0 Å². The van der Waals surface area contributed by atoms with E-state index in [2.05, 4.69) is 0 Å². The minimum atomic E-state index is -0.332. The van der Waals surface area contributed by atoms with E-state index >= 15 is 0 Å². The molecule has 0 spiro atoms. The molecule has 3 heteroatoms. The van der Waals surface area contributed by atoms with Crippen LogP contribution < -0.4 is 0 Å². The van der Waals surface area contributed by atoms with Crippen molar-refractivity contribution in [1.82, 2.24) is 4.90 Å². The molecule has 0 aromatic carbocycles. The molecule has 0 N–H and O–H groups in total. The number of likely N-dealkylation sites (tertiary alicyclic amines) is 1. The number of hydrogen-bond donors (Lipinski definition) is 0. The lowest BCUT2D eigenvalue weighted by Crippen LogP contribution is -2.47. The first-order valence-electron chi connectivity index (χ1n) is 4.31. The molecule has 2 fully saturated rings. The monoisotopic (exact) mass is 167 g/mol. The van der Waals surface area contributed by atoms with Crippen molar-refractivity contribution >= 4 is 11.8 Å². The van der Waals surface area contributed by atoms with Crippen molar-refractivity contribution in [3.8, 4) is 0 Å². The third-order valence-corrected chi connectivity index (χ3v) is 2.54. The second-order valence-corrected chi connectivity index (χ2v) is 4.63. The van der Waals surface area contributed by atoms with E-state index in [1.54, 1.807) is 0 Å². The van der Waals surface area contributed by atoms with Gasteiger partial charge in [0.1, 0.15) is 0 Å². The lowest BCUT2D eigenvalue weighted by atomic mass is 10.1. The molecule has 2 aliphatic rings. The zero-order chi connectivity index (χ0) is 9.09. The van der Waals surface area contributed by atoms with Crippen LogP contribution in [-0.2, 0) is 9.59 Å². The molecule has 0 bridgehead atoms. The van der Waals surface area contributed by atoms with Crippen LogP contribution in [0.3, 0.4) is 0 Å². The highest BCUT2D eigenvalue weighted by Gasteiger charge is 2.60. The summed E-state index contributed by atoms with van der Waals surface area (Å²) in [6.07, 6.45) is 0.796. The van der Waals surface area contributed by atoms with Crippen molar-refractivity contribution in [1.29, 1.82) is 0 Å². The number of amides is 2. The van der Waals surface area contributed by atoms with Gasteiger partial charge in [-0.25, -0.2) is 0 Å². The fourth-order valence-corrected chi connectivity index (χ4v) is 1.84. The van der Waals surface area contributed by atoms with Crippen LogP contribution in [0.4, 0.5) is 0 Å². The van der Waals surface area contributed by atoms with E-state index in [9.17, 15) is 9.59 Å². The predicted octanol–water partition coefficient (Wildman–Crippen LogP) is 0.790. The second kappa shape index (κ2) is 1.90. The minimum absolute atomic E-state index is 0.0386. The van der Waals surface area contributed by atoms with Crippen LogP contribution in [0.2, 0.25) is 0 Å². The van der Waals surface area contributed by atoms with Crippen LogP contribution in [0.25, 0.3) is 0 Å². The van der Waals surface area contributed by atoms with Gasteiger partial charge in [-0.1, -0.05) is 0 Å². The highest BCUT2D eigenvalue weighted by Crippen LogP contribution is 2.48. The van der Waals surface area contributed by atoms with Gasteiger partial charge in [-0.2, -0.15) is 0 Å². The fraction of sp³-hybridized carbons (Fsp3) is 0.778. The van der Waals surface area contributed by atoms with Gasteiger partial charge < -0.3 is 0 Å². The zero-order valence-electron chi connectivity index (χ0n) is 7.63. The molecular formula is C9H13NO2. The Kier molecular flexibility index (Phi) is 1.23. The Hall–Kier alpha value is -0.860. The number of carbonyl (C=O) groups excluding carboxylic acids is 2. The van der Waals surface area contributed by atoms with Gasteiger partial charge in [0.2, 0.25) is 11.8 Å². The van der Waals surface area contributed by atoms with Gasteiger partial charge in [0.25, 0.3) is 0 Å². The molecule has 1 saturated heterocycles. The Labute approximate surface area is 71.7 Å². The summed E-state index contributed by atoms with van der Waals surface area (Å²) in [5.41, 5.74) is -0.332. The normalized spacial score (nSPS) is 34.1. The highest BCUT2D eigenvalue weighted by molar-refractivity contribution is 6.09. The molecule has 0 aromatic rings. The van der Waals surface area contributed by atoms with Crippen molar-refractivity contribution in [3.05, 3.63) is 0 Å². The van der Waals surface area contributed by atoms with Gasteiger partial charge in [-0.15, -0.1) is 0 Å². The average Bonchev–Trinajstić information content (AvgIpc) is 2.55. The summed E-state index contributed by atoms with van der Waals surface area (Å²) in [7, 11) is 0. The number of imide groups is 1. The van der Waals surface area contributed by atoms with Crippen LogP contribution in [0, 0.1) is 11.8 Å². The molecule has 1 saturated carbocycles. The highest BCUT2D eigenvalue weighted by atomic mass is 16.2. The maximum absolute atomic E-state index is 11.5. The third-order valence-electron chi connectivity index (χ3n) is 2.54. The first kappa shape index (κ1) is 7.77. The number of fused-ring (bicyclic) bond motifs is 1. The van der Waals surface area contributed by atoms with E-state index in [1.807, 2.05) is 20.8 Å². The van der Waals surface area contributed by atoms with Crippen molar-refractivity contribution in [2.75, 3.05) is 0 Å². The van der Waals surface area contributed by atoms with Gasteiger partial charge in [0.05, 0.1) is 11.8 Å². The number of piperidine rings is 1. The second-order valence-electron chi connectivity index (χ2n) is 4.63. The summed E-state index contributed by atoms with van der Waals surface area (Å²) in [5.74, 6) is 0.156. The van der Waals surface area contributed by atoms with Crippen molar-refractivity contribution in [2.24, 2.45) is 11.8 Å². The fourth-order valence-electron chi connectivity index (χ4n) is 1.84. The SMILES string of the molecule is CC(C)(C)N1C(=O)C2CC2C1=O. The molecule has 1 aliphatic heterocycles. The molecule has 2 rings (SSSR count). The van der Waals surface area contributed by atoms with Crippen molar-refractivity contribution in [2.45, 2.75) is 32.7 Å². The molecule has 2 atom stereocenters. The first-order chi connectivity index (χ1) is 5.43. The molecule has 1 heterocycles. The summed E-state index contributed by atoms with van der Waals surface area (Å²) in [4.78, 5) is 24.4. The summed E-state index contributed by atoms with van der Waals surface area (Å²) in [6.45, 7) is 5.69. The van der Waals surface area contributed by atoms with Gasteiger partial charge in [-0.05, 0) is 27.2 Å². The number of nitrogens with zero attached hydrogens (tertiary/aromatic N) is 1. The molecule has 3 nitrogen and oxygen atoms in total. The molecule has 12 heavy (non-hydrogen) atoms. The summed E-state index contributed by atoms with van der Waals surface area (Å²) >= 11 is 0. The Bertz CT molecular complexity index is 244. The van der Waals surface area contributed by atoms with Crippen LogP contribution in [0.15, 0.2) is 0 Å². The van der Waals surface area contributed by atoms with E-state index in [0.717, 1.165) is 6.42 Å². The molecule has 1 aliphatic carbocycles. The van der Waals surface area contributed by atoms with E-state index in [1.165, 1.54) is 4.90 Å². The molecule has 66 valence electrons. The predicted molar refractivity (Wildman–Crippen MR) is 43.2 cm³/mol. The van der Waals surface area contributed by atoms with Crippen LogP contribution in [0.5, 0.6) is 0 Å². The van der Waals surface area contributed by atoms with Crippen molar-refractivity contribution < 1.29 is 9.59 Å². The van der Waals surface area contributed by atoms with E-state index in [-0.39, 0.29) is 29.2 Å². The molecular weight excluding hydrogens is 154 g/mol. The zero-order valence-corrected chi connectivity index (χ0v) is 7.63. The van der Waals surface area contributed by atoms with Gasteiger partial charge in [0, 0.05) is 5.54 Å². The summed E-state index contributed by atoms with van der Waals surface area (Å²) < 4.78 is 0. The molecule has 0 aromatic heterocycles. The average molecular weight is 167 g/mol. The lowest BCUT2D eigenvalue weighted by Gasteiger charge is -2.31. The van der Waals surface area contributed by atoms with Crippen LogP contribution in [-0.4, -0.2) is 22.3 Å². The Balaban J connectivity index is 2.28. The Morgan fingerprint density at radius 2 is 1.58 bits per heavy atom.